The Bertz CT molecular complexity index is 1150. The third-order valence-corrected chi connectivity index (χ3v) is 6.73. The summed E-state index contributed by atoms with van der Waals surface area (Å²) in [5.41, 5.74) is 2.11. The Hall–Kier alpha value is -3.44. The molecule has 5 rings (SSSR count). The van der Waals surface area contributed by atoms with Gasteiger partial charge in [0.05, 0.1) is 13.0 Å². The molecule has 31 heavy (non-hydrogen) atoms. The van der Waals surface area contributed by atoms with Crippen LogP contribution in [0, 0.1) is 5.92 Å². The normalized spacial score (nSPS) is 24.8. The highest BCUT2D eigenvalue weighted by Crippen LogP contribution is 2.56. The Morgan fingerprint density at radius 1 is 1.03 bits per heavy atom. The third kappa shape index (κ3) is 2.81. The van der Waals surface area contributed by atoms with Crippen LogP contribution in [0.1, 0.15) is 27.4 Å². The molecule has 1 amide bonds. The van der Waals surface area contributed by atoms with Gasteiger partial charge in [0, 0.05) is 29.3 Å². The summed E-state index contributed by atoms with van der Waals surface area (Å²) in [6, 6.07) is 24.9. The van der Waals surface area contributed by atoms with Crippen LogP contribution < -0.4 is 10.1 Å². The number of ketones is 1. The van der Waals surface area contributed by atoms with Gasteiger partial charge in [0.15, 0.2) is 5.78 Å². The van der Waals surface area contributed by atoms with Gasteiger partial charge in [0.25, 0.3) is 0 Å². The Balaban J connectivity index is 1.74. The van der Waals surface area contributed by atoms with Crippen LogP contribution in [0.2, 0.25) is 0 Å². The van der Waals surface area contributed by atoms with E-state index in [9.17, 15) is 9.59 Å². The molecule has 0 saturated carbocycles. The van der Waals surface area contributed by atoms with Crippen molar-refractivity contribution in [3.05, 3.63) is 95.6 Å². The van der Waals surface area contributed by atoms with Gasteiger partial charge in [-0.05, 0) is 30.8 Å². The minimum atomic E-state index is -1.10. The van der Waals surface area contributed by atoms with Crippen LogP contribution in [0.3, 0.4) is 0 Å². The predicted molar refractivity (Wildman–Crippen MR) is 119 cm³/mol. The summed E-state index contributed by atoms with van der Waals surface area (Å²) in [4.78, 5) is 29.7. The van der Waals surface area contributed by atoms with Gasteiger partial charge < -0.3 is 10.1 Å². The lowest BCUT2D eigenvalue weighted by Gasteiger charge is -2.35. The summed E-state index contributed by atoms with van der Waals surface area (Å²) in [6.07, 6.45) is 0. The average molecular weight is 412 g/mol. The van der Waals surface area contributed by atoms with Gasteiger partial charge in [-0.25, -0.2) is 0 Å². The number of fused-ring (bicyclic) bond motifs is 2. The molecule has 2 aliphatic heterocycles. The SMILES string of the molecule is COc1ccc2c(c1)C1(C(=O)N2)C(C(=O)c2ccccc2)C(c2ccccc2)CN1C. The van der Waals surface area contributed by atoms with Crippen molar-refractivity contribution >= 4 is 17.4 Å². The van der Waals surface area contributed by atoms with E-state index in [1.54, 1.807) is 7.11 Å². The van der Waals surface area contributed by atoms with Crippen molar-refractivity contribution in [2.75, 3.05) is 26.0 Å². The van der Waals surface area contributed by atoms with Crippen LogP contribution in [0.25, 0.3) is 0 Å². The number of hydrogen-bond donors (Lipinski definition) is 1. The fraction of sp³-hybridized carbons (Fsp3) is 0.231. The lowest BCUT2D eigenvalue weighted by atomic mass is 9.70. The molecule has 0 radical (unpaired) electrons. The first kappa shape index (κ1) is 19.5. The lowest BCUT2D eigenvalue weighted by molar-refractivity contribution is -0.126. The van der Waals surface area contributed by atoms with Crippen molar-refractivity contribution in [1.82, 2.24) is 4.90 Å². The minimum Gasteiger partial charge on any atom is -0.497 e. The van der Waals surface area contributed by atoms with E-state index in [4.69, 9.17) is 4.74 Å². The molecule has 2 heterocycles. The molecule has 3 atom stereocenters. The molecule has 5 nitrogen and oxygen atoms in total. The van der Waals surface area contributed by atoms with E-state index in [-0.39, 0.29) is 17.6 Å². The molecule has 156 valence electrons. The maximum absolute atomic E-state index is 14.0. The second-order valence-corrected chi connectivity index (χ2v) is 8.24. The summed E-state index contributed by atoms with van der Waals surface area (Å²) in [7, 11) is 3.54. The standard InChI is InChI=1S/C26H24N2O3/c1-28-16-20(17-9-5-3-6-10-17)23(24(29)18-11-7-4-8-12-18)26(28)21-15-19(31-2)13-14-22(21)27-25(26)30/h3-15,20,23H,16H2,1-2H3,(H,27,30). The molecular formula is C26H24N2O3. The third-order valence-electron chi connectivity index (χ3n) is 6.73. The predicted octanol–water partition coefficient (Wildman–Crippen LogP) is 4.07. The molecule has 0 aromatic heterocycles. The maximum atomic E-state index is 14.0. The van der Waals surface area contributed by atoms with Gasteiger partial charge in [-0.15, -0.1) is 0 Å². The van der Waals surface area contributed by atoms with E-state index in [2.05, 4.69) is 5.32 Å². The topological polar surface area (TPSA) is 58.6 Å². The zero-order valence-electron chi connectivity index (χ0n) is 17.5. The number of likely N-dealkylation sites (N-methyl/N-ethyl adjacent to an activating group) is 1. The molecule has 3 aromatic rings. The average Bonchev–Trinajstić information content (AvgIpc) is 3.29. The summed E-state index contributed by atoms with van der Waals surface area (Å²) in [5, 5.41) is 3.03. The Labute approximate surface area is 181 Å². The van der Waals surface area contributed by atoms with Gasteiger partial charge in [0.2, 0.25) is 5.91 Å². The number of rotatable bonds is 4. The fourth-order valence-corrected chi connectivity index (χ4v) is 5.33. The summed E-state index contributed by atoms with van der Waals surface area (Å²) < 4.78 is 5.46. The molecule has 1 saturated heterocycles. The van der Waals surface area contributed by atoms with E-state index in [1.165, 1.54) is 0 Å². The first-order chi connectivity index (χ1) is 15.1. The van der Waals surface area contributed by atoms with E-state index in [0.29, 0.717) is 17.9 Å². The number of hydrogen-bond acceptors (Lipinski definition) is 4. The number of methoxy groups -OCH3 is 1. The van der Waals surface area contributed by atoms with Gasteiger partial charge in [0.1, 0.15) is 11.3 Å². The maximum Gasteiger partial charge on any atom is 0.250 e. The molecule has 2 aliphatic rings. The van der Waals surface area contributed by atoms with E-state index >= 15 is 0 Å². The number of Topliss-reactive ketones (excluding diaryl/α,β-unsaturated/α-hetero) is 1. The molecule has 1 fully saturated rings. The molecule has 5 heteroatoms. The second-order valence-electron chi connectivity index (χ2n) is 8.24. The van der Waals surface area contributed by atoms with Crippen molar-refractivity contribution in [2.24, 2.45) is 5.92 Å². The summed E-state index contributed by atoms with van der Waals surface area (Å²) in [5.74, 6) is -0.217. The smallest absolute Gasteiger partial charge is 0.250 e. The quantitative estimate of drug-likeness (QED) is 0.657. The zero-order valence-corrected chi connectivity index (χ0v) is 17.5. The lowest BCUT2D eigenvalue weighted by Crippen LogP contribution is -2.51. The molecule has 0 aliphatic carbocycles. The van der Waals surface area contributed by atoms with E-state index in [0.717, 1.165) is 16.8 Å². The van der Waals surface area contributed by atoms with Gasteiger partial charge in [-0.1, -0.05) is 60.7 Å². The van der Waals surface area contributed by atoms with Crippen LogP contribution in [0.5, 0.6) is 5.75 Å². The summed E-state index contributed by atoms with van der Waals surface area (Å²) in [6.45, 7) is 0.595. The van der Waals surface area contributed by atoms with Crippen LogP contribution in [-0.2, 0) is 10.3 Å². The number of nitrogens with zero attached hydrogens (tertiary/aromatic N) is 1. The van der Waals surface area contributed by atoms with Crippen molar-refractivity contribution in [3.8, 4) is 5.75 Å². The van der Waals surface area contributed by atoms with Crippen molar-refractivity contribution < 1.29 is 14.3 Å². The minimum absolute atomic E-state index is 0.0235. The Morgan fingerprint density at radius 3 is 2.39 bits per heavy atom. The van der Waals surface area contributed by atoms with Gasteiger partial charge in [-0.3, -0.25) is 14.5 Å². The molecule has 0 bridgehead atoms. The van der Waals surface area contributed by atoms with Crippen molar-refractivity contribution in [3.63, 3.8) is 0 Å². The van der Waals surface area contributed by atoms with Crippen LogP contribution >= 0.6 is 0 Å². The number of benzene rings is 3. The van der Waals surface area contributed by atoms with Crippen LogP contribution in [-0.4, -0.2) is 37.3 Å². The number of likely N-dealkylation sites (tertiary alicyclic amines) is 1. The molecule has 1 spiro atoms. The van der Waals surface area contributed by atoms with E-state index in [1.807, 2.05) is 90.8 Å². The van der Waals surface area contributed by atoms with Crippen LogP contribution in [0.4, 0.5) is 5.69 Å². The zero-order chi connectivity index (χ0) is 21.6. The van der Waals surface area contributed by atoms with Gasteiger partial charge in [-0.2, -0.15) is 0 Å². The number of carbonyl (C=O) groups excluding carboxylic acids is 2. The highest BCUT2D eigenvalue weighted by molar-refractivity contribution is 6.12. The number of carbonyl (C=O) groups is 2. The second kappa shape index (κ2) is 7.36. The summed E-state index contributed by atoms with van der Waals surface area (Å²) >= 11 is 0. The van der Waals surface area contributed by atoms with Crippen molar-refractivity contribution in [1.29, 1.82) is 0 Å². The molecule has 3 unspecified atom stereocenters. The number of amides is 1. The first-order valence-corrected chi connectivity index (χ1v) is 10.4. The Morgan fingerprint density at radius 2 is 1.71 bits per heavy atom. The highest BCUT2D eigenvalue weighted by Gasteiger charge is 2.64. The Kier molecular flexibility index (Phi) is 4.63. The fourth-order valence-electron chi connectivity index (χ4n) is 5.33. The van der Waals surface area contributed by atoms with E-state index < -0.39 is 11.5 Å². The number of ether oxygens (including phenoxy) is 1. The van der Waals surface area contributed by atoms with Crippen LogP contribution in [0.15, 0.2) is 78.9 Å². The number of anilines is 1. The molecule has 1 N–H and O–H groups in total. The molecular weight excluding hydrogens is 388 g/mol. The number of nitrogens with one attached hydrogen (secondary N) is 1. The van der Waals surface area contributed by atoms with Crippen molar-refractivity contribution in [2.45, 2.75) is 11.5 Å². The largest absolute Gasteiger partial charge is 0.497 e. The molecule has 3 aromatic carbocycles. The monoisotopic (exact) mass is 412 g/mol. The highest BCUT2D eigenvalue weighted by atomic mass is 16.5. The van der Waals surface area contributed by atoms with Gasteiger partial charge >= 0.3 is 0 Å². The first-order valence-electron chi connectivity index (χ1n) is 10.4.